The third-order valence-corrected chi connectivity index (χ3v) is 5.21. The predicted octanol–water partition coefficient (Wildman–Crippen LogP) is 5.53. The van der Waals surface area contributed by atoms with Crippen molar-refractivity contribution in [2.75, 3.05) is 13.2 Å². The fourth-order valence-electron chi connectivity index (χ4n) is 3.49. The van der Waals surface area contributed by atoms with Crippen LogP contribution in [0.4, 0.5) is 5.69 Å². The summed E-state index contributed by atoms with van der Waals surface area (Å²) in [5, 5.41) is 22.4. The second-order valence-corrected chi connectivity index (χ2v) is 8.03. The number of allylic oxidation sites excluding steroid dienone is 6. The fourth-order valence-corrected chi connectivity index (χ4v) is 3.49. The Kier molecular flexibility index (Phi) is 14.4. The van der Waals surface area contributed by atoms with Crippen molar-refractivity contribution < 1.29 is 29.1 Å². The molecule has 1 unspecified atom stereocenters. The van der Waals surface area contributed by atoms with Gasteiger partial charge in [0.05, 0.1) is 28.2 Å². The van der Waals surface area contributed by atoms with Crippen LogP contribution in [0, 0.1) is 10.1 Å². The molecule has 1 atom stereocenters. The molecule has 1 heterocycles. The molecular formula is C29H36N2O7. The van der Waals surface area contributed by atoms with Gasteiger partial charge in [-0.2, -0.15) is 0 Å². The summed E-state index contributed by atoms with van der Waals surface area (Å²) < 4.78 is 10.7. The third-order valence-electron chi connectivity index (χ3n) is 5.21. The molecule has 9 nitrogen and oxygen atoms in total. The minimum atomic E-state index is -0.902. The van der Waals surface area contributed by atoms with Crippen molar-refractivity contribution in [3.63, 3.8) is 0 Å². The van der Waals surface area contributed by atoms with Crippen LogP contribution in [0.1, 0.15) is 52.0 Å². The van der Waals surface area contributed by atoms with Crippen LogP contribution in [0.15, 0.2) is 96.1 Å². The molecule has 1 aromatic rings. The van der Waals surface area contributed by atoms with E-state index >= 15 is 0 Å². The van der Waals surface area contributed by atoms with Gasteiger partial charge < -0.3 is 19.9 Å². The molecule has 38 heavy (non-hydrogen) atoms. The van der Waals surface area contributed by atoms with Crippen LogP contribution in [0.3, 0.4) is 0 Å². The number of nitrogens with zero attached hydrogens (tertiary/aromatic N) is 1. The molecule has 9 heteroatoms. The van der Waals surface area contributed by atoms with Crippen LogP contribution in [0.2, 0.25) is 0 Å². The molecule has 2 N–H and O–H groups in total. The lowest BCUT2D eigenvalue weighted by Crippen LogP contribution is -2.32. The highest BCUT2D eigenvalue weighted by Crippen LogP contribution is 2.40. The van der Waals surface area contributed by atoms with Crippen molar-refractivity contribution in [1.82, 2.24) is 5.32 Å². The van der Waals surface area contributed by atoms with Crippen LogP contribution in [0.25, 0.3) is 0 Å². The number of benzene rings is 1. The number of non-ortho nitro benzene ring substituents is 1. The van der Waals surface area contributed by atoms with Crippen molar-refractivity contribution >= 4 is 17.6 Å². The number of ether oxygens (including phenoxy) is 2. The number of nitrogens with one attached hydrogen (secondary N) is 1. The Hall–Kier alpha value is -4.24. The number of hydrogen-bond acceptors (Lipinski definition) is 8. The molecule has 0 saturated carbocycles. The summed E-state index contributed by atoms with van der Waals surface area (Å²) in [6, 6.07) is 5.86. The van der Waals surface area contributed by atoms with Crippen LogP contribution in [-0.4, -0.2) is 35.2 Å². The topological polar surface area (TPSA) is 128 Å². The zero-order valence-corrected chi connectivity index (χ0v) is 22.3. The molecule has 0 fully saturated rings. The van der Waals surface area contributed by atoms with Gasteiger partial charge in [-0.05, 0) is 51.3 Å². The first-order chi connectivity index (χ1) is 18.2. The molecule has 0 bridgehead atoms. The monoisotopic (exact) mass is 524 g/mol. The number of nitro groups is 1. The summed E-state index contributed by atoms with van der Waals surface area (Å²) in [4.78, 5) is 36.9. The van der Waals surface area contributed by atoms with Gasteiger partial charge in [0.15, 0.2) is 0 Å². The Morgan fingerprint density at radius 2 is 1.84 bits per heavy atom. The van der Waals surface area contributed by atoms with Gasteiger partial charge in [-0.25, -0.2) is 9.59 Å². The van der Waals surface area contributed by atoms with Gasteiger partial charge in [0.2, 0.25) is 0 Å². The highest BCUT2D eigenvalue weighted by atomic mass is 16.6. The molecule has 0 amide bonds. The van der Waals surface area contributed by atoms with Crippen molar-refractivity contribution in [2.24, 2.45) is 0 Å². The van der Waals surface area contributed by atoms with E-state index in [0.717, 1.165) is 0 Å². The number of carbonyl (C=O) groups excluding carboxylic acids is 2. The van der Waals surface area contributed by atoms with E-state index < -0.39 is 22.8 Å². The minimum absolute atomic E-state index is 0.0311. The molecule has 1 aliphatic heterocycles. The Labute approximate surface area is 223 Å². The van der Waals surface area contributed by atoms with Crippen molar-refractivity contribution in [3.05, 3.63) is 112 Å². The first kappa shape index (κ1) is 31.8. The maximum absolute atomic E-state index is 13.1. The van der Waals surface area contributed by atoms with E-state index in [1.165, 1.54) is 24.5 Å². The summed E-state index contributed by atoms with van der Waals surface area (Å²) in [5.41, 5.74) is 1.61. The smallest absolute Gasteiger partial charge is 0.341 e. The molecule has 0 aliphatic carbocycles. The fraction of sp³-hybridized carbons (Fsp3) is 0.310. The lowest BCUT2D eigenvalue weighted by Gasteiger charge is -2.30. The van der Waals surface area contributed by atoms with Gasteiger partial charge in [0, 0.05) is 30.1 Å². The number of esters is 2. The lowest BCUT2D eigenvalue weighted by atomic mass is 9.80. The zero-order chi connectivity index (χ0) is 28.5. The Morgan fingerprint density at radius 3 is 2.39 bits per heavy atom. The Morgan fingerprint density at radius 1 is 1.16 bits per heavy atom. The van der Waals surface area contributed by atoms with Crippen molar-refractivity contribution in [1.29, 1.82) is 0 Å². The largest absolute Gasteiger partial charge is 0.458 e. The maximum atomic E-state index is 13.1. The van der Waals surface area contributed by atoms with Crippen molar-refractivity contribution in [3.8, 4) is 0 Å². The van der Waals surface area contributed by atoms with E-state index in [2.05, 4.69) is 11.9 Å². The highest BCUT2D eigenvalue weighted by Gasteiger charge is 2.38. The van der Waals surface area contributed by atoms with E-state index in [1.807, 2.05) is 19.9 Å². The van der Waals surface area contributed by atoms with Crippen LogP contribution in [0.5, 0.6) is 0 Å². The molecule has 0 spiro atoms. The van der Waals surface area contributed by atoms with E-state index in [0.29, 0.717) is 29.8 Å². The zero-order valence-electron chi connectivity index (χ0n) is 22.3. The number of rotatable bonds is 11. The van der Waals surface area contributed by atoms with Crippen LogP contribution >= 0.6 is 0 Å². The van der Waals surface area contributed by atoms with E-state index in [-0.39, 0.29) is 30.0 Å². The predicted molar refractivity (Wildman–Crippen MR) is 147 cm³/mol. The molecular weight excluding hydrogens is 488 g/mol. The van der Waals surface area contributed by atoms with Gasteiger partial charge in [-0.3, -0.25) is 10.1 Å². The quantitative estimate of drug-likeness (QED) is 0.0966. The Bertz CT molecular complexity index is 1140. The maximum Gasteiger partial charge on any atom is 0.341 e. The first-order valence-electron chi connectivity index (χ1n) is 12.2. The van der Waals surface area contributed by atoms with Gasteiger partial charge in [-0.1, -0.05) is 43.4 Å². The van der Waals surface area contributed by atoms with Gasteiger partial charge >= 0.3 is 11.9 Å². The number of carbonyl (C=O) groups is 2. The molecule has 1 aliphatic rings. The molecule has 204 valence electrons. The summed E-state index contributed by atoms with van der Waals surface area (Å²) in [5.74, 6) is -2.20. The molecule has 0 saturated heterocycles. The van der Waals surface area contributed by atoms with Crippen LogP contribution in [-0.2, 0) is 19.1 Å². The number of hydrogen-bond donors (Lipinski definition) is 2. The molecule has 1 aromatic carbocycles. The summed E-state index contributed by atoms with van der Waals surface area (Å²) >= 11 is 0. The SMILES string of the molecule is C=CCCO.CC=CC=CCOC(=O)C1=C(C)NC(C)=C(C(=O)OC=CCC)C1c1cccc([N+](=O)[O-])c1. The first-order valence-corrected chi connectivity index (χ1v) is 12.2. The van der Waals surface area contributed by atoms with Gasteiger partial charge in [-0.15, -0.1) is 6.58 Å². The lowest BCUT2D eigenvalue weighted by molar-refractivity contribution is -0.384. The average molecular weight is 525 g/mol. The third kappa shape index (κ3) is 9.67. The summed E-state index contributed by atoms with van der Waals surface area (Å²) in [6.07, 6.45) is 13.1. The normalized spacial score (nSPS) is 15.3. The van der Waals surface area contributed by atoms with Gasteiger partial charge in [0.25, 0.3) is 5.69 Å². The van der Waals surface area contributed by atoms with E-state index in [4.69, 9.17) is 14.6 Å². The average Bonchev–Trinajstić information content (AvgIpc) is 2.89. The number of aliphatic hydroxyl groups is 1. The van der Waals surface area contributed by atoms with Crippen LogP contribution < -0.4 is 5.32 Å². The summed E-state index contributed by atoms with van der Waals surface area (Å²) in [6.45, 7) is 10.8. The van der Waals surface area contributed by atoms with E-state index in [1.54, 1.807) is 50.3 Å². The second kappa shape index (κ2) is 17.3. The molecule has 2 rings (SSSR count). The minimum Gasteiger partial charge on any atom is -0.458 e. The summed E-state index contributed by atoms with van der Waals surface area (Å²) in [7, 11) is 0. The van der Waals surface area contributed by atoms with Gasteiger partial charge in [0.1, 0.15) is 6.61 Å². The standard InChI is InChI=1S/C25H28N2O6.C4H8O/c1-5-7-9-10-15-33-25(29)22-18(4)26-17(3)21(24(28)32-14-8-6-2)23(22)19-12-11-13-20(16-19)27(30)31;1-2-3-4-5/h5,7-14,16,23,26H,6,15H2,1-4H3;2,5H,1,3-4H2. The molecule has 0 aromatic heterocycles. The van der Waals surface area contributed by atoms with Crippen molar-refractivity contribution in [2.45, 2.75) is 46.5 Å². The number of nitro benzene ring substituents is 1. The van der Waals surface area contributed by atoms with E-state index in [9.17, 15) is 19.7 Å². The number of dihydropyridines is 1. The number of aliphatic hydroxyl groups excluding tert-OH is 1. The Balaban J connectivity index is 0.00000132. The molecule has 0 radical (unpaired) electrons. The highest BCUT2D eigenvalue weighted by molar-refractivity contribution is 6.00. The second-order valence-electron chi connectivity index (χ2n) is 8.03.